The Morgan fingerprint density at radius 3 is 2.92 bits per heavy atom. The lowest BCUT2D eigenvalue weighted by Crippen LogP contribution is -2.49. The van der Waals surface area contributed by atoms with Crippen LogP contribution in [0.15, 0.2) is 12.2 Å². The Morgan fingerprint density at radius 2 is 2.38 bits per heavy atom. The van der Waals surface area contributed by atoms with Crippen LogP contribution in [0.1, 0.15) is 26.2 Å². The summed E-state index contributed by atoms with van der Waals surface area (Å²) in [6.07, 6.45) is 8.50. The van der Waals surface area contributed by atoms with Gasteiger partial charge in [-0.3, -0.25) is 0 Å². The molecule has 1 atom stereocenters. The lowest BCUT2D eigenvalue weighted by molar-refractivity contribution is -0.0996. The molecular weight excluding hydrogens is 162 g/mol. The summed E-state index contributed by atoms with van der Waals surface area (Å²) >= 11 is 0. The average Bonchev–Trinajstić information content (AvgIpc) is 2.13. The fraction of sp³-hybridized carbons (Fsp3) is 0.818. The van der Waals surface area contributed by atoms with Gasteiger partial charge in [0.05, 0.1) is 13.2 Å². The quantitative estimate of drug-likeness (QED) is 0.669. The Labute approximate surface area is 80.4 Å². The summed E-state index contributed by atoms with van der Waals surface area (Å²) in [4.78, 5) is 0. The van der Waals surface area contributed by atoms with Crippen LogP contribution in [0.3, 0.4) is 0 Å². The molecule has 2 nitrogen and oxygen atoms in total. The van der Waals surface area contributed by atoms with Crippen LogP contribution in [-0.2, 0) is 4.74 Å². The first-order chi connectivity index (χ1) is 6.29. The molecule has 1 aliphatic carbocycles. The van der Waals surface area contributed by atoms with Crippen molar-refractivity contribution in [3.63, 3.8) is 0 Å². The van der Waals surface area contributed by atoms with Crippen molar-refractivity contribution in [2.45, 2.75) is 32.2 Å². The highest BCUT2D eigenvalue weighted by molar-refractivity contribution is 4.98. The molecule has 0 amide bonds. The zero-order valence-electron chi connectivity index (χ0n) is 8.38. The lowest BCUT2D eigenvalue weighted by atomic mass is 9.88. The van der Waals surface area contributed by atoms with E-state index in [9.17, 15) is 0 Å². The molecule has 0 aromatic carbocycles. The molecule has 1 N–H and O–H groups in total. The highest BCUT2D eigenvalue weighted by Crippen LogP contribution is 2.25. The summed E-state index contributed by atoms with van der Waals surface area (Å²) in [6, 6.07) is 0.617. The predicted molar refractivity (Wildman–Crippen MR) is 53.7 cm³/mol. The van der Waals surface area contributed by atoms with E-state index >= 15 is 0 Å². The Hall–Kier alpha value is -0.340. The maximum atomic E-state index is 5.22. The second-order valence-corrected chi connectivity index (χ2v) is 4.65. The fourth-order valence-corrected chi connectivity index (χ4v) is 1.91. The van der Waals surface area contributed by atoms with Gasteiger partial charge < -0.3 is 10.1 Å². The molecule has 1 heterocycles. The zero-order valence-corrected chi connectivity index (χ0v) is 8.38. The second kappa shape index (κ2) is 3.81. The van der Waals surface area contributed by atoms with E-state index in [0.717, 1.165) is 19.8 Å². The van der Waals surface area contributed by atoms with Crippen LogP contribution in [0.25, 0.3) is 0 Å². The number of hydrogen-bond donors (Lipinski definition) is 1. The van der Waals surface area contributed by atoms with Gasteiger partial charge in [-0.15, -0.1) is 0 Å². The molecule has 0 saturated carbocycles. The van der Waals surface area contributed by atoms with E-state index < -0.39 is 0 Å². The Balaban J connectivity index is 1.72. The van der Waals surface area contributed by atoms with Crippen molar-refractivity contribution in [1.82, 2.24) is 5.32 Å². The molecule has 1 saturated heterocycles. The molecule has 13 heavy (non-hydrogen) atoms. The largest absolute Gasteiger partial charge is 0.380 e. The van der Waals surface area contributed by atoms with Gasteiger partial charge in [0.25, 0.3) is 0 Å². The first-order valence-corrected chi connectivity index (χ1v) is 5.26. The molecule has 74 valence electrons. The summed E-state index contributed by atoms with van der Waals surface area (Å²) in [5, 5.41) is 3.60. The third-order valence-electron chi connectivity index (χ3n) is 2.95. The summed E-state index contributed by atoms with van der Waals surface area (Å²) in [5.74, 6) is 0. The number of hydrogen-bond acceptors (Lipinski definition) is 2. The molecule has 0 aromatic heterocycles. The van der Waals surface area contributed by atoms with Gasteiger partial charge in [-0.05, 0) is 19.3 Å². The van der Waals surface area contributed by atoms with Crippen LogP contribution in [0, 0.1) is 5.41 Å². The highest BCUT2D eigenvalue weighted by Gasteiger charge is 2.33. The molecule has 1 fully saturated rings. The van der Waals surface area contributed by atoms with Gasteiger partial charge in [-0.2, -0.15) is 0 Å². The van der Waals surface area contributed by atoms with E-state index in [4.69, 9.17) is 4.74 Å². The van der Waals surface area contributed by atoms with Gasteiger partial charge in [-0.1, -0.05) is 19.1 Å². The molecule has 0 radical (unpaired) electrons. The van der Waals surface area contributed by atoms with Crippen molar-refractivity contribution in [1.29, 1.82) is 0 Å². The monoisotopic (exact) mass is 181 g/mol. The van der Waals surface area contributed by atoms with Crippen molar-refractivity contribution in [2.24, 2.45) is 5.41 Å². The minimum atomic E-state index is 0.408. The first kappa shape index (κ1) is 9.22. The normalized spacial score (nSPS) is 31.3. The highest BCUT2D eigenvalue weighted by atomic mass is 16.5. The second-order valence-electron chi connectivity index (χ2n) is 4.65. The van der Waals surface area contributed by atoms with Gasteiger partial charge in [0, 0.05) is 18.0 Å². The third kappa shape index (κ3) is 2.32. The Kier molecular flexibility index (Phi) is 2.70. The molecule has 0 spiro atoms. The van der Waals surface area contributed by atoms with E-state index in [1.807, 2.05) is 0 Å². The molecular formula is C11H19NO. The summed E-state index contributed by atoms with van der Waals surface area (Å²) < 4.78 is 5.22. The van der Waals surface area contributed by atoms with Crippen molar-refractivity contribution < 1.29 is 4.74 Å². The maximum absolute atomic E-state index is 5.22. The number of rotatable bonds is 3. The molecule has 1 unspecified atom stereocenters. The molecule has 2 heteroatoms. The predicted octanol–water partition coefficient (Wildman–Crippen LogP) is 1.72. The summed E-state index contributed by atoms with van der Waals surface area (Å²) in [7, 11) is 0. The Morgan fingerprint density at radius 1 is 1.54 bits per heavy atom. The summed E-state index contributed by atoms with van der Waals surface area (Å²) in [6.45, 7) is 5.24. The van der Waals surface area contributed by atoms with E-state index in [1.54, 1.807) is 0 Å². The van der Waals surface area contributed by atoms with Gasteiger partial charge in [0.2, 0.25) is 0 Å². The number of nitrogens with one attached hydrogen (secondary N) is 1. The lowest BCUT2D eigenvalue weighted by Gasteiger charge is -2.39. The molecule has 2 rings (SSSR count). The SMILES string of the molecule is CC1(CNC2C=CCCC2)COC1. The van der Waals surface area contributed by atoms with Crippen molar-refractivity contribution in [3.8, 4) is 0 Å². The van der Waals surface area contributed by atoms with Crippen LogP contribution in [0.5, 0.6) is 0 Å². The number of allylic oxidation sites excluding steroid dienone is 1. The van der Waals surface area contributed by atoms with Crippen molar-refractivity contribution >= 4 is 0 Å². The maximum Gasteiger partial charge on any atom is 0.0554 e. The smallest absolute Gasteiger partial charge is 0.0554 e. The van der Waals surface area contributed by atoms with Gasteiger partial charge >= 0.3 is 0 Å². The molecule has 0 bridgehead atoms. The Bertz CT molecular complexity index is 196. The molecule has 1 aliphatic heterocycles. The van der Waals surface area contributed by atoms with E-state index in [1.165, 1.54) is 19.3 Å². The minimum absolute atomic E-state index is 0.408. The van der Waals surface area contributed by atoms with Crippen molar-refractivity contribution in [3.05, 3.63) is 12.2 Å². The topological polar surface area (TPSA) is 21.3 Å². The average molecular weight is 181 g/mol. The van der Waals surface area contributed by atoms with Gasteiger partial charge in [0.15, 0.2) is 0 Å². The van der Waals surface area contributed by atoms with Crippen LogP contribution in [0.2, 0.25) is 0 Å². The minimum Gasteiger partial charge on any atom is -0.380 e. The zero-order chi connectivity index (χ0) is 9.15. The third-order valence-corrected chi connectivity index (χ3v) is 2.95. The van der Waals surface area contributed by atoms with E-state index in [2.05, 4.69) is 24.4 Å². The van der Waals surface area contributed by atoms with E-state index in [-0.39, 0.29) is 0 Å². The fourth-order valence-electron chi connectivity index (χ4n) is 1.91. The van der Waals surface area contributed by atoms with Gasteiger partial charge in [0.1, 0.15) is 0 Å². The number of ether oxygens (including phenoxy) is 1. The molecule has 2 aliphatic rings. The molecule has 0 aromatic rings. The van der Waals surface area contributed by atoms with Crippen LogP contribution in [-0.4, -0.2) is 25.8 Å². The standard InChI is InChI=1S/C11H19NO/c1-11(8-13-9-11)7-12-10-5-3-2-4-6-10/h3,5,10,12H,2,4,6-9H2,1H3. The summed E-state index contributed by atoms with van der Waals surface area (Å²) in [5.41, 5.74) is 0.408. The van der Waals surface area contributed by atoms with Crippen LogP contribution in [0.4, 0.5) is 0 Å². The van der Waals surface area contributed by atoms with Crippen LogP contribution >= 0.6 is 0 Å². The van der Waals surface area contributed by atoms with Crippen LogP contribution < -0.4 is 5.32 Å². The first-order valence-electron chi connectivity index (χ1n) is 5.26. The van der Waals surface area contributed by atoms with Crippen molar-refractivity contribution in [2.75, 3.05) is 19.8 Å². The van der Waals surface area contributed by atoms with E-state index in [0.29, 0.717) is 11.5 Å². The van der Waals surface area contributed by atoms with Gasteiger partial charge in [-0.25, -0.2) is 0 Å².